The summed E-state index contributed by atoms with van der Waals surface area (Å²) in [5, 5.41) is 7.64. The van der Waals surface area contributed by atoms with Crippen molar-refractivity contribution in [3.8, 4) is 0 Å². The van der Waals surface area contributed by atoms with Crippen LogP contribution in [0.15, 0.2) is 4.42 Å². The zero-order chi connectivity index (χ0) is 12.8. The second-order valence-electron chi connectivity index (χ2n) is 3.95. The summed E-state index contributed by atoms with van der Waals surface area (Å²) < 4.78 is 5.26. The van der Waals surface area contributed by atoms with Gasteiger partial charge in [-0.1, -0.05) is 0 Å². The Balaban J connectivity index is 2.44. The third kappa shape index (κ3) is 4.14. The van der Waals surface area contributed by atoms with E-state index in [0.717, 1.165) is 13.1 Å². The van der Waals surface area contributed by atoms with Crippen molar-refractivity contribution in [1.29, 1.82) is 0 Å². The third-order valence-corrected chi connectivity index (χ3v) is 2.49. The number of aryl methyl sites for hydroxylation is 1. The molecular formula is C11H20N4O2. The fraction of sp³-hybridized carbons (Fsp3) is 0.727. The lowest BCUT2D eigenvalue weighted by Crippen LogP contribution is -2.38. The van der Waals surface area contributed by atoms with Crippen molar-refractivity contribution in [3.05, 3.63) is 11.8 Å². The summed E-state index contributed by atoms with van der Waals surface area (Å²) >= 11 is 0. The molecule has 96 valence electrons. The van der Waals surface area contributed by atoms with E-state index in [9.17, 15) is 4.79 Å². The minimum Gasteiger partial charge on any atom is -0.424 e. The molecule has 0 saturated heterocycles. The molecule has 0 aliphatic heterocycles. The summed E-state index contributed by atoms with van der Waals surface area (Å²) in [5.74, 6) is 1.20. The Hall–Kier alpha value is -1.43. The number of carbonyl (C=O) groups is 1. The Bertz CT molecular complexity index is 360. The summed E-state index contributed by atoms with van der Waals surface area (Å²) in [5.41, 5.74) is 0. The highest BCUT2D eigenvalue weighted by Gasteiger charge is 2.14. The first-order valence-corrected chi connectivity index (χ1v) is 5.82. The van der Waals surface area contributed by atoms with E-state index in [4.69, 9.17) is 4.42 Å². The summed E-state index contributed by atoms with van der Waals surface area (Å²) in [6.07, 6.45) is 0. The topological polar surface area (TPSA) is 62.5 Å². The monoisotopic (exact) mass is 240 g/mol. The quantitative estimate of drug-likeness (QED) is 0.731. The summed E-state index contributed by atoms with van der Waals surface area (Å²) in [7, 11) is 1.86. The predicted octanol–water partition coefficient (Wildman–Crippen LogP) is 0.678. The van der Waals surface area contributed by atoms with Crippen molar-refractivity contribution in [3.63, 3.8) is 0 Å². The van der Waals surface area contributed by atoms with Crippen molar-refractivity contribution in [2.45, 2.75) is 27.3 Å². The van der Waals surface area contributed by atoms with E-state index in [0.29, 0.717) is 24.9 Å². The van der Waals surface area contributed by atoms with Gasteiger partial charge in [0.1, 0.15) is 0 Å². The first-order chi connectivity index (χ1) is 8.06. The zero-order valence-corrected chi connectivity index (χ0v) is 10.9. The van der Waals surface area contributed by atoms with Crippen LogP contribution in [0.4, 0.5) is 0 Å². The maximum atomic E-state index is 11.8. The molecule has 0 N–H and O–H groups in total. The van der Waals surface area contributed by atoms with Gasteiger partial charge in [0.15, 0.2) is 0 Å². The molecular weight excluding hydrogens is 220 g/mol. The van der Waals surface area contributed by atoms with Crippen molar-refractivity contribution in [1.82, 2.24) is 20.0 Å². The van der Waals surface area contributed by atoms with Crippen molar-refractivity contribution in [2.75, 3.05) is 26.7 Å². The molecule has 1 aromatic heterocycles. The maximum absolute atomic E-state index is 11.8. The normalized spacial score (nSPS) is 10.9. The van der Waals surface area contributed by atoms with Crippen molar-refractivity contribution < 1.29 is 9.21 Å². The van der Waals surface area contributed by atoms with Crippen LogP contribution in [0.1, 0.15) is 25.6 Å². The summed E-state index contributed by atoms with van der Waals surface area (Å²) in [6.45, 7) is 8.03. The fourth-order valence-electron chi connectivity index (χ4n) is 1.60. The molecule has 1 heterocycles. The van der Waals surface area contributed by atoms with Gasteiger partial charge in [-0.2, -0.15) is 0 Å². The zero-order valence-electron chi connectivity index (χ0n) is 10.9. The Kier molecular flexibility index (Phi) is 5.09. The molecule has 1 amide bonds. The SMILES string of the molecule is CCN(CC)C(=O)CN(C)Cc1nnc(C)o1. The number of carbonyl (C=O) groups excluding carboxylic acids is 1. The van der Waals surface area contributed by atoms with E-state index >= 15 is 0 Å². The van der Waals surface area contributed by atoms with E-state index in [2.05, 4.69) is 10.2 Å². The molecule has 0 bridgehead atoms. The van der Waals surface area contributed by atoms with Gasteiger partial charge in [-0.3, -0.25) is 9.69 Å². The number of rotatable bonds is 6. The molecule has 0 saturated carbocycles. The van der Waals surface area contributed by atoms with E-state index in [-0.39, 0.29) is 5.91 Å². The van der Waals surface area contributed by atoms with E-state index in [1.54, 1.807) is 11.8 Å². The van der Waals surface area contributed by atoms with E-state index in [1.165, 1.54) is 0 Å². The minimum absolute atomic E-state index is 0.119. The van der Waals surface area contributed by atoms with Crippen LogP contribution in [0.2, 0.25) is 0 Å². The largest absolute Gasteiger partial charge is 0.424 e. The van der Waals surface area contributed by atoms with Gasteiger partial charge in [-0.15, -0.1) is 10.2 Å². The predicted molar refractivity (Wildman–Crippen MR) is 63.3 cm³/mol. The number of hydrogen-bond donors (Lipinski definition) is 0. The molecule has 1 aromatic rings. The molecule has 0 aliphatic rings. The van der Waals surface area contributed by atoms with E-state index in [1.807, 2.05) is 25.8 Å². The van der Waals surface area contributed by atoms with Gasteiger partial charge in [0.25, 0.3) is 0 Å². The number of likely N-dealkylation sites (N-methyl/N-ethyl adjacent to an activating group) is 2. The molecule has 0 atom stereocenters. The van der Waals surface area contributed by atoms with Crippen LogP contribution in [0.25, 0.3) is 0 Å². The number of aromatic nitrogens is 2. The molecule has 0 radical (unpaired) electrons. The van der Waals surface area contributed by atoms with Crippen LogP contribution >= 0.6 is 0 Å². The van der Waals surface area contributed by atoms with Crippen LogP contribution < -0.4 is 0 Å². The van der Waals surface area contributed by atoms with Gasteiger partial charge in [-0.05, 0) is 20.9 Å². The Morgan fingerprint density at radius 1 is 1.29 bits per heavy atom. The summed E-state index contributed by atoms with van der Waals surface area (Å²) in [6, 6.07) is 0. The van der Waals surface area contributed by atoms with Gasteiger partial charge >= 0.3 is 0 Å². The van der Waals surface area contributed by atoms with Gasteiger partial charge in [0.05, 0.1) is 13.1 Å². The summed E-state index contributed by atoms with van der Waals surface area (Å²) in [4.78, 5) is 15.5. The average molecular weight is 240 g/mol. The molecule has 1 rings (SSSR count). The Labute approximate surface area is 102 Å². The molecule has 17 heavy (non-hydrogen) atoms. The number of nitrogens with zero attached hydrogens (tertiary/aromatic N) is 4. The molecule has 0 spiro atoms. The van der Waals surface area contributed by atoms with Crippen molar-refractivity contribution >= 4 is 5.91 Å². The van der Waals surface area contributed by atoms with Gasteiger partial charge in [0.2, 0.25) is 17.7 Å². The average Bonchev–Trinajstić information content (AvgIpc) is 2.65. The molecule has 0 aromatic carbocycles. The van der Waals surface area contributed by atoms with Crippen LogP contribution in [-0.4, -0.2) is 52.6 Å². The van der Waals surface area contributed by atoms with Crippen LogP contribution in [0, 0.1) is 6.92 Å². The molecule has 0 aliphatic carbocycles. The molecule has 6 heteroatoms. The number of hydrogen-bond acceptors (Lipinski definition) is 5. The van der Waals surface area contributed by atoms with E-state index < -0.39 is 0 Å². The minimum atomic E-state index is 0.119. The van der Waals surface area contributed by atoms with Gasteiger partial charge < -0.3 is 9.32 Å². The third-order valence-electron chi connectivity index (χ3n) is 2.49. The molecule has 6 nitrogen and oxygen atoms in total. The maximum Gasteiger partial charge on any atom is 0.236 e. The Morgan fingerprint density at radius 2 is 1.94 bits per heavy atom. The number of amides is 1. The Morgan fingerprint density at radius 3 is 2.41 bits per heavy atom. The first-order valence-electron chi connectivity index (χ1n) is 5.82. The lowest BCUT2D eigenvalue weighted by molar-refractivity contribution is -0.131. The van der Waals surface area contributed by atoms with Gasteiger partial charge in [-0.25, -0.2) is 0 Å². The van der Waals surface area contributed by atoms with Crippen LogP contribution in [-0.2, 0) is 11.3 Å². The second kappa shape index (κ2) is 6.34. The highest BCUT2D eigenvalue weighted by Crippen LogP contribution is 2.02. The standard InChI is InChI=1S/C11H20N4O2/c1-5-15(6-2)11(16)8-14(4)7-10-13-12-9(3)17-10/h5-8H2,1-4H3. The van der Waals surface area contributed by atoms with Gasteiger partial charge in [0, 0.05) is 20.0 Å². The van der Waals surface area contributed by atoms with Crippen molar-refractivity contribution in [2.24, 2.45) is 0 Å². The lowest BCUT2D eigenvalue weighted by Gasteiger charge is -2.22. The second-order valence-corrected chi connectivity index (χ2v) is 3.95. The highest BCUT2D eigenvalue weighted by molar-refractivity contribution is 5.78. The fourth-order valence-corrected chi connectivity index (χ4v) is 1.60. The lowest BCUT2D eigenvalue weighted by atomic mass is 10.4. The first kappa shape index (κ1) is 13.6. The molecule has 0 unspecified atom stereocenters. The highest BCUT2D eigenvalue weighted by atomic mass is 16.4. The van der Waals surface area contributed by atoms with Crippen LogP contribution in [0.3, 0.4) is 0 Å². The van der Waals surface area contributed by atoms with Crippen LogP contribution in [0.5, 0.6) is 0 Å². The smallest absolute Gasteiger partial charge is 0.236 e. The molecule has 0 fully saturated rings.